The van der Waals surface area contributed by atoms with Crippen LogP contribution in [0.3, 0.4) is 0 Å². The molecule has 9 heteroatoms. The normalized spacial score (nSPS) is 11.4. The number of aryl methyl sites for hydroxylation is 2. The molecule has 1 amide bonds. The second-order valence-corrected chi connectivity index (χ2v) is 9.22. The number of amides is 1. The summed E-state index contributed by atoms with van der Waals surface area (Å²) in [5.74, 6) is -0.507. The summed E-state index contributed by atoms with van der Waals surface area (Å²) in [6, 6.07) is 18.1. The number of rotatable bonds is 8. The van der Waals surface area contributed by atoms with Crippen LogP contribution in [0.5, 0.6) is 11.5 Å². The number of sulfonamides is 1. The third kappa shape index (κ3) is 5.69. The maximum atomic E-state index is 13.4. The number of nitrogens with one attached hydrogen (secondary N) is 1. The number of para-hydroxylation sites is 1. The minimum absolute atomic E-state index is 0.0761. The smallest absolute Gasteiger partial charge is 0.264 e. The maximum Gasteiger partial charge on any atom is 0.264 e. The number of carbonyl (C=O) groups is 1. The Kier molecular flexibility index (Phi) is 7.34. The molecule has 8 nitrogen and oxygen atoms in total. The highest BCUT2D eigenvalue weighted by molar-refractivity contribution is 7.92. The Morgan fingerprint density at radius 1 is 1.06 bits per heavy atom. The zero-order chi connectivity index (χ0) is 24.0. The van der Waals surface area contributed by atoms with Gasteiger partial charge in [-0.2, -0.15) is 5.10 Å². The minimum Gasteiger partial charge on any atom is -0.504 e. The van der Waals surface area contributed by atoms with E-state index < -0.39 is 22.5 Å². The molecular weight excluding hydrogens is 442 g/mol. The van der Waals surface area contributed by atoms with E-state index in [1.165, 1.54) is 25.5 Å². The Labute approximate surface area is 193 Å². The number of methoxy groups -OCH3 is 1. The molecule has 0 fully saturated rings. The first kappa shape index (κ1) is 23.8. The maximum absolute atomic E-state index is 13.4. The number of carbonyl (C=O) groups excluding carboxylic acids is 1. The molecule has 0 aliphatic carbocycles. The Bertz CT molecular complexity index is 1270. The largest absolute Gasteiger partial charge is 0.504 e. The number of aromatic hydroxyl groups is 1. The molecular formula is C24H25N3O5S. The first-order chi connectivity index (χ1) is 15.7. The highest BCUT2D eigenvalue weighted by Gasteiger charge is 2.27. The molecule has 0 bridgehead atoms. The molecule has 3 rings (SSSR count). The van der Waals surface area contributed by atoms with Crippen LogP contribution in [0.15, 0.2) is 76.7 Å². The van der Waals surface area contributed by atoms with Crippen LogP contribution >= 0.6 is 0 Å². The number of hydrogen-bond donors (Lipinski definition) is 2. The van der Waals surface area contributed by atoms with Gasteiger partial charge in [-0.1, -0.05) is 35.9 Å². The number of phenols is 1. The lowest BCUT2D eigenvalue weighted by molar-refractivity contribution is -0.119. The summed E-state index contributed by atoms with van der Waals surface area (Å²) in [4.78, 5) is 12.7. The molecule has 33 heavy (non-hydrogen) atoms. The van der Waals surface area contributed by atoms with Gasteiger partial charge >= 0.3 is 0 Å². The molecule has 0 atom stereocenters. The predicted molar refractivity (Wildman–Crippen MR) is 127 cm³/mol. The number of anilines is 1. The number of benzene rings is 3. The third-order valence-corrected chi connectivity index (χ3v) is 6.62. The number of hydrazone groups is 1. The summed E-state index contributed by atoms with van der Waals surface area (Å²) in [5, 5.41) is 14.0. The molecule has 0 saturated carbocycles. The average Bonchev–Trinajstić information content (AvgIpc) is 2.79. The predicted octanol–water partition coefficient (Wildman–Crippen LogP) is 3.36. The van der Waals surface area contributed by atoms with Gasteiger partial charge in [0.05, 0.1) is 23.9 Å². The molecule has 0 saturated heterocycles. The monoisotopic (exact) mass is 467 g/mol. The van der Waals surface area contributed by atoms with Gasteiger partial charge in [-0.25, -0.2) is 13.8 Å². The van der Waals surface area contributed by atoms with Crippen LogP contribution in [0.1, 0.15) is 16.7 Å². The van der Waals surface area contributed by atoms with Crippen molar-refractivity contribution >= 4 is 27.8 Å². The summed E-state index contributed by atoms with van der Waals surface area (Å²) < 4.78 is 32.8. The van der Waals surface area contributed by atoms with Gasteiger partial charge in [0.25, 0.3) is 15.9 Å². The molecule has 2 N–H and O–H groups in total. The van der Waals surface area contributed by atoms with Crippen LogP contribution in [0.4, 0.5) is 5.69 Å². The summed E-state index contributed by atoms with van der Waals surface area (Å²) in [7, 11) is -2.59. The third-order valence-electron chi connectivity index (χ3n) is 4.83. The van der Waals surface area contributed by atoms with E-state index in [0.717, 1.165) is 15.4 Å². The van der Waals surface area contributed by atoms with E-state index in [0.29, 0.717) is 11.3 Å². The molecule has 3 aromatic rings. The van der Waals surface area contributed by atoms with E-state index in [4.69, 9.17) is 4.74 Å². The quantitative estimate of drug-likeness (QED) is 0.390. The van der Waals surface area contributed by atoms with Gasteiger partial charge in [0.2, 0.25) is 0 Å². The Hall–Kier alpha value is -3.85. The highest BCUT2D eigenvalue weighted by atomic mass is 32.2. The van der Waals surface area contributed by atoms with Gasteiger partial charge in [-0.15, -0.1) is 0 Å². The molecule has 0 radical (unpaired) electrons. The standard InChI is InChI=1S/C24H25N3O5S/c1-17-10-12-21(13-11-17)33(30,31)27(20-8-4-6-18(2)14-20)16-23(28)26-25-15-19-7-5-9-22(32-3)24(19)29/h4-15,29H,16H2,1-3H3,(H,26,28)/b25-15-. The Morgan fingerprint density at radius 3 is 2.42 bits per heavy atom. The van der Waals surface area contributed by atoms with Crippen LogP contribution in [0.2, 0.25) is 0 Å². The van der Waals surface area contributed by atoms with Gasteiger partial charge in [-0.05, 0) is 55.8 Å². The van der Waals surface area contributed by atoms with Gasteiger partial charge < -0.3 is 9.84 Å². The summed E-state index contributed by atoms with van der Waals surface area (Å²) in [6.07, 6.45) is 1.25. The van der Waals surface area contributed by atoms with Crippen LogP contribution < -0.4 is 14.5 Å². The SMILES string of the molecule is COc1cccc(/C=N\NC(=O)CN(c2cccc(C)c2)S(=O)(=O)c2ccc(C)cc2)c1O. The Balaban J connectivity index is 1.85. The topological polar surface area (TPSA) is 108 Å². The fraction of sp³-hybridized carbons (Fsp3) is 0.167. The van der Waals surface area contributed by atoms with Crippen LogP contribution in [-0.4, -0.2) is 39.3 Å². The summed E-state index contributed by atoms with van der Waals surface area (Å²) >= 11 is 0. The van der Waals surface area contributed by atoms with E-state index in [2.05, 4.69) is 10.5 Å². The van der Waals surface area contributed by atoms with Crippen molar-refractivity contribution in [1.82, 2.24) is 5.43 Å². The van der Waals surface area contributed by atoms with Crippen molar-refractivity contribution in [3.05, 3.63) is 83.4 Å². The van der Waals surface area contributed by atoms with Crippen molar-refractivity contribution < 1.29 is 23.1 Å². The molecule has 0 heterocycles. The first-order valence-corrected chi connectivity index (χ1v) is 11.5. The van der Waals surface area contributed by atoms with E-state index in [1.807, 2.05) is 19.9 Å². The lowest BCUT2D eigenvalue weighted by Gasteiger charge is -2.24. The van der Waals surface area contributed by atoms with E-state index in [9.17, 15) is 18.3 Å². The molecule has 0 spiro atoms. The zero-order valence-corrected chi connectivity index (χ0v) is 19.3. The lowest BCUT2D eigenvalue weighted by Crippen LogP contribution is -2.39. The van der Waals surface area contributed by atoms with Crippen molar-refractivity contribution in [3.8, 4) is 11.5 Å². The van der Waals surface area contributed by atoms with Crippen molar-refractivity contribution in [1.29, 1.82) is 0 Å². The van der Waals surface area contributed by atoms with Gasteiger partial charge in [0, 0.05) is 5.56 Å². The summed E-state index contributed by atoms with van der Waals surface area (Å²) in [5.41, 5.74) is 4.78. The van der Waals surface area contributed by atoms with Crippen LogP contribution in [0.25, 0.3) is 0 Å². The fourth-order valence-electron chi connectivity index (χ4n) is 3.08. The molecule has 0 unspecified atom stereocenters. The van der Waals surface area contributed by atoms with Gasteiger partial charge in [0.15, 0.2) is 11.5 Å². The lowest BCUT2D eigenvalue weighted by atomic mass is 10.2. The van der Waals surface area contributed by atoms with Crippen molar-refractivity contribution in [2.24, 2.45) is 5.10 Å². The average molecular weight is 468 g/mol. The zero-order valence-electron chi connectivity index (χ0n) is 18.5. The van der Waals surface area contributed by atoms with Gasteiger partial charge in [-0.3, -0.25) is 9.10 Å². The first-order valence-electron chi connectivity index (χ1n) is 10.1. The van der Waals surface area contributed by atoms with Crippen LogP contribution in [-0.2, 0) is 14.8 Å². The number of hydrogen-bond acceptors (Lipinski definition) is 6. The molecule has 0 aliphatic heterocycles. The molecule has 0 aromatic heterocycles. The minimum atomic E-state index is -4.01. The number of phenolic OH excluding ortho intramolecular Hbond substituents is 1. The second kappa shape index (κ2) is 10.2. The Morgan fingerprint density at radius 2 is 1.76 bits per heavy atom. The highest BCUT2D eigenvalue weighted by Crippen LogP contribution is 2.28. The molecule has 3 aromatic carbocycles. The number of nitrogens with zero attached hydrogens (tertiary/aromatic N) is 2. The van der Waals surface area contributed by atoms with Gasteiger partial charge in [0.1, 0.15) is 6.54 Å². The second-order valence-electron chi connectivity index (χ2n) is 7.36. The molecule has 0 aliphatic rings. The van der Waals surface area contributed by atoms with E-state index in [1.54, 1.807) is 48.5 Å². The van der Waals surface area contributed by atoms with Crippen LogP contribution in [0, 0.1) is 13.8 Å². The van der Waals surface area contributed by atoms with Crippen molar-refractivity contribution in [2.75, 3.05) is 18.0 Å². The van der Waals surface area contributed by atoms with E-state index in [-0.39, 0.29) is 16.4 Å². The van der Waals surface area contributed by atoms with Crippen molar-refractivity contribution in [2.45, 2.75) is 18.7 Å². The molecule has 172 valence electrons. The fourth-order valence-corrected chi connectivity index (χ4v) is 4.50. The van der Waals surface area contributed by atoms with E-state index >= 15 is 0 Å². The van der Waals surface area contributed by atoms with Crippen molar-refractivity contribution in [3.63, 3.8) is 0 Å². The summed E-state index contributed by atoms with van der Waals surface area (Å²) in [6.45, 7) is 3.21. The number of ether oxygens (including phenoxy) is 1.